The highest BCUT2D eigenvalue weighted by atomic mass is 19.1. The predicted molar refractivity (Wildman–Crippen MR) is 72.8 cm³/mol. The van der Waals surface area contributed by atoms with Crippen molar-refractivity contribution in [2.45, 2.75) is 44.4 Å². The summed E-state index contributed by atoms with van der Waals surface area (Å²) in [5.74, 6) is -0.672. The van der Waals surface area contributed by atoms with E-state index >= 15 is 0 Å². The molecule has 1 fully saturated rings. The number of ether oxygens (including phenoxy) is 1. The van der Waals surface area contributed by atoms with E-state index in [2.05, 4.69) is 5.32 Å². The lowest BCUT2D eigenvalue weighted by Crippen LogP contribution is -2.45. The lowest BCUT2D eigenvalue weighted by Gasteiger charge is -2.28. The molecule has 0 aliphatic heterocycles. The largest absolute Gasteiger partial charge is 0.391 e. The quantitative estimate of drug-likeness (QED) is 0.887. The van der Waals surface area contributed by atoms with Gasteiger partial charge in [-0.25, -0.2) is 4.39 Å². The van der Waals surface area contributed by atoms with Crippen LogP contribution in [0.3, 0.4) is 0 Å². The summed E-state index contributed by atoms with van der Waals surface area (Å²) < 4.78 is 18.4. The molecular weight excluding hydrogens is 261 g/mol. The third kappa shape index (κ3) is 3.55. The first-order valence-corrected chi connectivity index (χ1v) is 6.88. The number of amides is 1. The van der Waals surface area contributed by atoms with Gasteiger partial charge in [0.1, 0.15) is 5.82 Å². The first-order valence-electron chi connectivity index (χ1n) is 6.88. The van der Waals surface area contributed by atoms with E-state index in [1.165, 1.54) is 25.3 Å². The Bertz CT molecular complexity index is 478. The molecule has 0 spiro atoms. The van der Waals surface area contributed by atoms with Crippen molar-refractivity contribution in [3.05, 3.63) is 35.1 Å². The minimum atomic E-state index is -0.494. The van der Waals surface area contributed by atoms with Crippen LogP contribution < -0.4 is 5.32 Å². The van der Waals surface area contributed by atoms with Gasteiger partial charge >= 0.3 is 0 Å². The third-order valence-electron chi connectivity index (χ3n) is 3.65. The number of halogens is 1. The van der Waals surface area contributed by atoms with Crippen LogP contribution in [0, 0.1) is 5.82 Å². The Balaban J connectivity index is 2.06. The van der Waals surface area contributed by atoms with Gasteiger partial charge < -0.3 is 15.2 Å². The van der Waals surface area contributed by atoms with Gasteiger partial charge in [0.15, 0.2) is 0 Å². The molecule has 1 aromatic rings. The molecule has 2 atom stereocenters. The SMILES string of the molecule is COCc1cc(C(=O)NC2CCCCC2O)ccc1F. The molecule has 2 rings (SSSR count). The first-order chi connectivity index (χ1) is 9.61. The molecule has 1 saturated carbocycles. The minimum Gasteiger partial charge on any atom is -0.391 e. The zero-order valence-electron chi connectivity index (χ0n) is 11.6. The highest BCUT2D eigenvalue weighted by Gasteiger charge is 2.25. The van der Waals surface area contributed by atoms with E-state index < -0.39 is 6.10 Å². The van der Waals surface area contributed by atoms with Gasteiger partial charge in [-0.2, -0.15) is 0 Å². The zero-order chi connectivity index (χ0) is 14.5. The van der Waals surface area contributed by atoms with Crippen molar-refractivity contribution in [2.75, 3.05) is 7.11 Å². The Hall–Kier alpha value is -1.46. The monoisotopic (exact) mass is 281 g/mol. The van der Waals surface area contributed by atoms with Gasteiger partial charge in [0.2, 0.25) is 0 Å². The van der Waals surface area contributed by atoms with Crippen molar-refractivity contribution in [3.63, 3.8) is 0 Å². The number of methoxy groups -OCH3 is 1. The van der Waals surface area contributed by atoms with Crippen LogP contribution in [0.15, 0.2) is 18.2 Å². The summed E-state index contributed by atoms with van der Waals surface area (Å²) in [5.41, 5.74) is 0.737. The summed E-state index contributed by atoms with van der Waals surface area (Å²) in [6.45, 7) is 0.124. The average molecular weight is 281 g/mol. The van der Waals surface area contributed by atoms with Crippen molar-refractivity contribution < 1.29 is 19.0 Å². The topological polar surface area (TPSA) is 58.6 Å². The maximum absolute atomic E-state index is 13.5. The smallest absolute Gasteiger partial charge is 0.251 e. The van der Waals surface area contributed by atoms with Gasteiger partial charge in [-0.15, -0.1) is 0 Å². The Morgan fingerprint density at radius 1 is 1.45 bits per heavy atom. The van der Waals surface area contributed by atoms with Crippen LogP contribution in [0.25, 0.3) is 0 Å². The van der Waals surface area contributed by atoms with Gasteiger partial charge in [0.05, 0.1) is 18.8 Å². The molecule has 110 valence electrons. The van der Waals surface area contributed by atoms with Gasteiger partial charge in [0, 0.05) is 18.2 Å². The second-order valence-electron chi connectivity index (χ2n) is 5.17. The maximum atomic E-state index is 13.5. The molecule has 2 N–H and O–H groups in total. The van der Waals surface area contributed by atoms with Gasteiger partial charge in [-0.05, 0) is 31.0 Å². The highest BCUT2D eigenvalue weighted by molar-refractivity contribution is 5.94. The van der Waals surface area contributed by atoms with Crippen LogP contribution in [0.4, 0.5) is 4.39 Å². The number of aliphatic hydroxyl groups excluding tert-OH is 1. The Labute approximate surface area is 117 Å². The lowest BCUT2D eigenvalue weighted by molar-refractivity contribution is 0.0717. The summed E-state index contributed by atoms with van der Waals surface area (Å²) in [4.78, 5) is 12.1. The lowest BCUT2D eigenvalue weighted by atomic mass is 9.92. The zero-order valence-corrected chi connectivity index (χ0v) is 11.6. The molecule has 20 heavy (non-hydrogen) atoms. The van der Waals surface area contributed by atoms with Crippen molar-refractivity contribution in [1.82, 2.24) is 5.32 Å². The van der Waals surface area contributed by atoms with E-state index in [1.54, 1.807) is 0 Å². The predicted octanol–water partition coefficient (Wildman–Crippen LogP) is 2.01. The van der Waals surface area contributed by atoms with Crippen molar-refractivity contribution in [2.24, 2.45) is 0 Å². The molecule has 1 aliphatic rings. The molecule has 5 heteroatoms. The number of hydrogen-bond donors (Lipinski definition) is 2. The Kier molecular flexibility index (Phi) is 5.09. The van der Waals surface area contributed by atoms with Crippen molar-refractivity contribution in [3.8, 4) is 0 Å². The van der Waals surface area contributed by atoms with Crippen LogP contribution in [0.5, 0.6) is 0 Å². The molecule has 1 aromatic carbocycles. The van der Waals surface area contributed by atoms with Crippen LogP contribution in [0.2, 0.25) is 0 Å². The van der Waals surface area contributed by atoms with Crippen molar-refractivity contribution >= 4 is 5.91 Å². The summed E-state index contributed by atoms with van der Waals surface area (Å²) >= 11 is 0. The molecule has 0 heterocycles. The second-order valence-corrected chi connectivity index (χ2v) is 5.17. The molecule has 2 unspecified atom stereocenters. The normalized spacial score (nSPS) is 22.6. The van der Waals surface area contributed by atoms with Crippen molar-refractivity contribution in [1.29, 1.82) is 0 Å². The molecule has 0 saturated heterocycles. The fourth-order valence-corrected chi connectivity index (χ4v) is 2.51. The standard InChI is InChI=1S/C15H20FNO3/c1-20-9-11-8-10(6-7-12(11)16)15(19)17-13-4-2-3-5-14(13)18/h6-8,13-14,18H,2-5,9H2,1H3,(H,17,19). The van der Waals surface area contributed by atoms with E-state index in [1.807, 2.05) is 0 Å². The van der Waals surface area contributed by atoms with E-state index in [4.69, 9.17) is 4.74 Å². The van der Waals surface area contributed by atoms with E-state index in [0.717, 1.165) is 19.3 Å². The van der Waals surface area contributed by atoms with Gasteiger partial charge in [-0.1, -0.05) is 12.8 Å². The third-order valence-corrected chi connectivity index (χ3v) is 3.65. The number of hydrogen-bond acceptors (Lipinski definition) is 3. The molecule has 0 radical (unpaired) electrons. The Morgan fingerprint density at radius 2 is 2.20 bits per heavy atom. The molecule has 1 aliphatic carbocycles. The van der Waals surface area contributed by atoms with Gasteiger partial charge in [0.25, 0.3) is 5.91 Å². The average Bonchev–Trinajstić information content (AvgIpc) is 2.44. The van der Waals surface area contributed by atoms with Crippen LogP contribution in [-0.4, -0.2) is 30.3 Å². The number of benzene rings is 1. The van der Waals surface area contributed by atoms with E-state index in [9.17, 15) is 14.3 Å². The molecular formula is C15H20FNO3. The summed E-state index contributed by atoms with van der Waals surface area (Å²) in [5, 5.41) is 12.7. The fourth-order valence-electron chi connectivity index (χ4n) is 2.51. The van der Waals surface area contributed by atoms with E-state index in [0.29, 0.717) is 17.5 Å². The number of aliphatic hydroxyl groups is 1. The summed E-state index contributed by atoms with van der Waals surface area (Å²) in [6, 6.07) is 3.98. The molecule has 4 nitrogen and oxygen atoms in total. The van der Waals surface area contributed by atoms with Crippen LogP contribution >= 0.6 is 0 Å². The highest BCUT2D eigenvalue weighted by Crippen LogP contribution is 2.19. The molecule has 1 amide bonds. The van der Waals surface area contributed by atoms with Crippen LogP contribution in [0.1, 0.15) is 41.6 Å². The minimum absolute atomic E-state index is 0.124. The fraction of sp³-hybridized carbons (Fsp3) is 0.533. The number of carbonyl (C=O) groups excluding carboxylic acids is 1. The summed E-state index contributed by atoms with van der Waals surface area (Å²) in [6.07, 6.45) is 2.98. The van der Waals surface area contributed by atoms with Gasteiger partial charge in [-0.3, -0.25) is 4.79 Å². The molecule has 0 aromatic heterocycles. The summed E-state index contributed by atoms with van der Waals surface area (Å²) in [7, 11) is 1.48. The van der Waals surface area contributed by atoms with Crippen LogP contribution in [-0.2, 0) is 11.3 Å². The maximum Gasteiger partial charge on any atom is 0.251 e. The second kappa shape index (κ2) is 6.81. The number of rotatable bonds is 4. The first kappa shape index (κ1) is 14.9. The molecule has 0 bridgehead atoms. The van der Waals surface area contributed by atoms with E-state index in [-0.39, 0.29) is 24.4 Å². The number of carbonyl (C=O) groups is 1. The Morgan fingerprint density at radius 3 is 2.90 bits per heavy atom. The number of nitrogens with one attached hydrogen (secondary N) is 1.